The predicted molar refractivity (Wildman–Crippen MR) is 90.2 cm³/mol. The summed E-state index contributed by atoms with van der Waals surface area (Å²) in [6.07, 6.45) is 0. The number of aryl methyl sites for hydroxylation is 1. The number of nitrogens with one attached hydrogen (secondary N) is 2. The first-order valence-electron chi connectivity index (χ1n) is 7.42. The average Bonchev–Trinajstić information content (AvgIpc) is 3.00. The van der Waals surface area contributed by atoms with E-state index in [9.17, 15) is 4.79 Å². The van der Waals surface area contributed by atoms with Gasteiger partial charge < -0.3 is 20.8 Å². The minimum atomic E-state index is -0.577. The van der Waals surface area contributed by atoms with Gasteiger partial charge in [0, 0.05) is 7.05 Å². The van der Waals surface area contributed by atoms with Crippen molar-refractivity contribution in [3.05, 3.63) is 59.0 Å². The standard InChI is InChI=1S/C17H22N4O2/c1-11-6-4-5-7-14(11)12(2)21-17(19-3)20-10-13-8-9-15(23-13)16(18)22/h4-9,12H,10H2,1-3H3,(H2,18,22)(H2,19,20,21). The van der Waals surface area contributed by atoms with Crippen molar-refractivity contribution >= 4 is 11.9 Å². The molecule has 6 nitrogen and oxygen atoms in total. The number of rotatable bonds is 5. The molecule has 1 unspecified atom stereocenters. The van der Waals surface area contributed by atoms with Crippen LogP contribution in [0.2, 0.25) is 0 Å². The largest absolute Gasteiger partial charge is 0.454 e. The molecule has 0 saturated carbocycles. The van der Waals surface area contributed by atoms with Gasteiger partial charge in [-0.15, -0.1) is 0 Å². The molecule has 0 spiro atoms. The van der Waals surface area contributed by atoms with Crippen LogP contribution in [0.5, 0.6) is 0 Å². The highest BCUT2D eigenvalue weighted by Crippen LogP contribution is 2.16. The lowest BCUT2D eigenvalue weighted by Crippen LogP contribution is -2.38. The second-order valence-electron chi connectivity index (χ2n) is 5.28. The quantitative estimate of drug-likeness (QED) is 0.582. The highest BCUT2D eigenvalue weighted by molar-refractivity contribution is 5.89. The molecular formula is C17H22N4O2. The van der Waals surface area contributed by atoms with Crippen molar-refractivity contribution < 1.29 is 9.21 Å². The summed E-state index contributed by atoms with van der Waals surface area (Å²) in [5, 5.41) is 6.48. The van der Waals surface area contributed by atoms with E-state index < -0.39 is 5.91 Å². The summed E-state index contributed by atoms with van der Waals surface area (Å²) in [4.78, 5) is 15.2. The summed E-state index contributed by atoms with van der Waals surface area (Å²) in [7, 11) is 1.71. The number of nitrogens with two attached hydrogens (primary N) is 1. The summed E-state index contributed by atoms with van der Waals surface area (Å²) in [5.74, 6) is 0.841. The molecule has 1 amide bonds. The summed E-state index contributed by atoms with van der Waals surface area (Å²) in [6, 6.07) is 11.6. The number of hydrogen-bond donors (Lipinski definition) is 3. The number of amides is 1. The van der Waals surface area contributed by atoms with E-state index in [0.717, 1.165) is 0 Å². The van der Waals surface area contributed by atoms with E-state index >= 15 is 0 Å². The van der Waals surface area contributed by atoms with Gasteiger partial charge in [-0.05, 0) is 37.1 Å². The van der Waals surface area contributed by atoms with Crippen molar-refractivity contribution in [2.75, 3.05) is 7.05 Å². The molecule has 4 N–H and O–H groups in total. The maximum absolute atomic E-state index is 11.0. The minimum absolute atomic E-state index is 0.111. The number of benzene rings is 1. The molecule has 0 bridgehead atoms. The molecule has 2 aromatic rings. The molecule has 1 atom stereocenters. The molecule has 23 heavy (non-hydrogen) atoms. The first-order chi connectivity index (χ1) is 11.0. The van der Waals surface area contributed by atoms with E-state index in [1.54, 1.807) is 19.2 Å². The number of primary amides is 1. The highest BCUT2D eigenvalue weighted by Gasteiger charge is 2.11. The number of nitrogens with zero attached hydrogens (tertiary/aromatic N) is 1. The smallest absolute Gasteiger partial charge is 0.284 e. The van der Waals surface area contributed by atoms with E-state index in [-0.39, 0.29) is 11.8 Å². The average molecular weight is 314 g/mol. The Hall–Kier alpha value is -2.76. The zero-order valence-corrected chi connectivity index (χ0v) is 13.6. The molecule has 1 aromatic carbocycles. The van der Waals surface area contributed by atoms with Crippen LogP contribution in [0.3, 0.4) is 0 Å². The van der Waals surface area contributed by atoms with Crippen LogP contribution in [0.25, 0.3) is 0 Å². The number of carbonyl (C=O) groups excluding carboxylic acids is 1. The predicted octanol–water partition coefficient (Wildman–Crippen LogP) is 2.11. The van der Waals surface area contributed by atoms with Gasteiger partial charge in [0.1, 0.15) is 5.76 Å². The number of hydrogen-bond acceptors (Lipinski definition) is 3. The Morgan fingerprint density at radius 2 is 2.04 bits per heavy atom. The van der Waals surface area contributed by atoms with Crippen LogP contribution in [-0.2, 0) is 6.54 Å². The van der Waals surface area contributed by atoms with Gasteiger partial charge in [-0.3, -0.25) is 9.79 Å². The maximum atomic E-state index is 11.0. The van der Waals surface area contributed by atoms with E-state index in [0.29, 0.717) is 18.3 Å². The lowest BCUT2D eigenvalue weighted by molar-refractivity contribution is 0.0972. The van der Waals surface area contributed by atoms with Crippen molar-refractivity contribution in [2.45, 2.75) is 26.4 Å². The Bertz CT molecular complexity index is 706. The Balaban J connectivity index is 1.95. The number of guanidine groups is 1. The molecule has 1 aromatic heterocycles. The van der Waals surface area contributed by atoms with E-state index in [4.69, 9.17) is 10.2 Å². The van der Waals surface area contributed by atoms with Crippen molar-refractivity contribution in [3.63, 3.8) is 0 Å². The maximum Gasteiger partial charge on any atom is 0.284 e. The number of furan rings is 1. The van der Waals surface area contributed by atoms with Gasteiger partial charge in [-0.2, -0.15) is 0 Å². The zero-order valence-electron chi connectivity index (χ0n) is 13.6. The lowest BCUT2D eigenvalue weighted by Gasteiger charge is -2.19. The van der Waals surface area contributed by atoms with Crippen LogP contribution in [0.4, 0.5) is 0 Å². The molecule has 1 heterocycles. The third-order valence-corrected chi connectivity index (χ3v) is 3.57. The van der Waals surface area contributed by atoms with E-state index in [1.807, 2.05) is 12.1 Å². The number of aliphatic imine (C=N–C) groups is 1. The molecule has 0 aliphatic heterocycles. The zero-order chi connectivity index (χ0) is 16.8. The summed E-state index contributed by atoms with van der Waals surface area (Å²) >= 11 is 0. The van der Waals surface area contributed by atoms with Crippen LogP contribution in [0.1, 0.15) is 40.4 Å². The van der Waals surface area contributed by atoms with Crippen LogP contribution in [0, 0.1) is 6.92 Å². The normalized spacial score (nSPS) is 12.7. The Morgan fingerprint density at radius 1 is 1.30 bits per heavy atom. The van der Waals surface area contributed by atoms with E-state index in [1.165, 1.54) is 11.1 Å². The van der Waals surface area contributed by atoms with Crippen molar-refractivity contribution in [3.8, 4) is 0 Å². The molecule has 0 aliphatic carbocycles. The van der Waals surface area contributed by atoms with Gasteiger partial charge in [-0.1, -0.05) is 24.3 Å². The Kier molecular flexibility index (Phi) is 5.41. The minimum Gasteiger partial charge on any atom is -0.454 e. The molecule has 0 radical (unpaired) electrons. The topological polar surface area (TPSA) is 92.6 Å². The van der Waals surface area contributed by atoms with Crippen LogP contribution in [-0.4, -0.2) is 18.9 Å². The third-order valence-electron chi connectivity index (χ3n) is 3.57. The van der Waals surface area contributed by atoms with Gasteiger partial charge in [-0.25, -0.2) is 0 Å². The molecular weight excluding hydrogens is 292 g/mol. The van der Waals surface area contributed by atoms with Gasteiger partial charge >= 0.3 is 0 Å². The molecule has 2 rings (SSSR count). The molecule has 0 fully saturated rings. The second-order valence-corrected chi connectivity index (χ2v) is 5.28. The van der Waals surface area contributed by atoms with Crippen molar-refractivity contribution in [1.29, 1.82) is 0 Å². The van der Waals surface area contributed by atoms with Gasteiger partial charge in [0.25, 0.3) is 5.91 Å². The fourth-order valence-corrected chi connectivity index (χ4v) is 2.33. The van der Waals surface area contributed by atoms with Gasteiger partial charge in [0.2, 0.25) is 0 Å². The summed E-state index contributed by atoms with van der Waals surface area (Å²) < 4.78 is 5.33. The van der Waals surface area contributed by atoms with Gasteiger partial charge in [0.05, 0.1) is 12.6 Å². The van der Waals surface area contributed by atoms with Gasteiger partial charge in [0.15, 0.2) is 11.7 Å². The SMILES string of the molecule is CN=C(NCc1ccc(C(N)=O)o1)NC(C)c1ccccc1C. The number of carbonyl (C=O) groups is 1. The monoisotopic (exact) mass is 314 g/mol. The molecule has 0 saturated heterocycles. The highest BCUT2D eigenvalue weighted by atomic mass is 16.3. The molecule has 0 aliphatic rings. The summed E-state index contributed by atoms with van der Waals surface area (Å²) in [6.45, 7) is 4.57. The fraction of sp³-hybridized carbons (Fsp3) is 0.294. The first kappa shape index (κ1) is 16.6. The lowest BCUT2D eigenvalue weighted by atomic mass is 10.0. The van der Waals surface area contributed by atoms with Crippen LogP contribution >= 0.6 is 0 Å². The first-order valence-corrected chi connectivity index (χ1v) is 7.42. The second kappa shape index (κ2) is 7.49. The van der Waals surface area contributed by atoms with Crippen molar-refractivity contribution in [1.82, 2.24) is 10.6 Å². The Labute approximate surface area is 135 Å². The van der Waals surface area contributed by atoms with Crippen LogP contribution < -0.4 is 16.4 Å². The fourth-order valence-electron chi connectivity index (χ4n) is 2.33. The third kappa shape index (κ3) is 4.35. The van der Waals surface area contributed by atoms with Crippen molar-refractivity contribution in [2.24, 2.45) is 10.7 Å². The molecule has 6 heteroatoms. The Morgan fingerprint density at radius 3 is 2.65 bits per heavy atom. The van der Waals surface area contributed by atoms with Crippen LogP contribution in [0.15, 0.2) is 45.8 Å². The van der Waals surface area contributed by atoms with E-state index in [2.05, 4.69) is 41.6 Å². The summed E-state index contributed by atoms with van der Waals surface area (Å²) in [5.41, 5.74) is 7.60. The molecule has 122 valence electrons.